The lowest BCUT2D eigenvalue weighted by molar-refractivity contribution is 0.607. The number of benzene rings is 4. The van der Waals surface area contributed by atoms with Gasteiger partial charge in [0.2, 0.25) is 0 Å². The van der Waals surface area contributed by atoms with Crippen LogP contribution in [0.5, 0.6) is 0 Å². The highest BCUT2D eigenvalue weighted by Crippen LogP contribution is 2.43. The largest absolute Gasteiger partial charge is 0.0619 e. The van der Waals surface area contributed by atoms with Gasteiger partial charge in [0.25, 0.3) is 0 Å². The number of fused-ring (bicyclic) bond motifs is 1. The Balaban J connectivity index is 1.52. The molecule has 0 aliphatic heterocycles. The van der Waals surface area contributed by atoms with Crippen LogP contribution >= 0.6 is 0 Å². The van der Waals surface area contributed by atoms with Crippen molar-refractivity contribution in [3.05, 3.63) is 124 Å². The highest BCUT2D eigenvalue weighted by molar-refractivity contribution is 5.90. The SMILES string of the molecule is C[C@@H]1C[C@@H](C2=Cc3ccccc3C2)c2ccc(c3ccccc23)CCCc2ccc1cc2. The Morgan fingerprint density at radius 1 is 0.688 bits per heavy atom. The second-order valence-electron chi connectivity index (χ2n) is 9.74. The van der Waals surface area contributed by atoms with E-state index in [-0.39, 0.29) is 0 Å². The predicted octanol–water partition coefficient (Wildman–Crippen LogP) is 8.25. The third-order valence-corrected chi connectivity index (χ3v) is 7.71. The molecule has 158 valence electrons. The number of allylic oxidation sites excluding steroid dienone is 1. The molecule has 9 rings (SSSR count). The molecular weight excluding hydrogens is 384 g/mol. The van der Waals surface area contributed by atoms with Crippen LogP contribution in [0.3, 0.4) is 0 Å². The molecule has 0 nitrogen and oxygen atoms in total. The zero-order valence-electron chi connectivity index (χ0n) is 18.9. The summed E-state index contributed by atoms with van der Waals surface area (Å²) < 4.78 is 0. The summed E-state index contributed by atoms with van der Waals surface area (Å²) in [6.45, 7) is 2.41. The van der Waals surface area contributed by atoms with E-state index in [0.717, 1.165) is 25.7 Å². The molecule has 2 atom stereocenters. The van der Waals surface area contributed by atoms with Crippen molar-refractivity contribution in [2.45, 2.75) is 50.9 Å². The monoisotopic (exact) mass is 414 g/mol. The molecule has 4 bridgehead atoms. The van der Waals surface area contributed by atoms with Gasteiger partial charge in [-0.2, -0.15) is 0 Å². The van der Waals surface area contributed by atoms with Crippen LogP contribution < -0.4 is 0 Å². The minimum atomic E-state index is 0.430. The van der Waals surface area contributed by atoms with Crippen LogP contribution in [0, 0.1) is 0 Å². The number of aryl methyl sites for hydroxylation is 2. The molecule has 0 unspecified atom stereocenters. The summed E-state index contributed by atoms with van der Waals surface area (Å²) in [5.41, 5.74) is 10.4. The summed E-state index contributed by atoms with van der Waals surface area (Å²) in [6.07, 6.45) is 8.17. The molecule has 0 saturated heterocycles. The quantitative estimate of drug-likeness (QED) is 0.294. The zero-order chi connectivity index (χ0) is 21.5. The number of hydrogen-bond donors (Lipinski definition) is 0. The van der Waals surface area contributed by atoms with E-state index in [2.05, 4.69) is 97.9 Å². The third-order valence-electron chi connectivity index (χ3n) is 7.71. The molecule has 32 heavy (non-hydrogen) atoms. The normalized spacial score (nSPS) is 20.2. The molecule has 0 amide bonds. The van der Waals surface area contributed by atoms with E-state index in [4.69, 9.17) is 0 Å². The number of hydrogen-bond acceptors (Lipinski definition) is 0. The molecule has 4 aromatic rings. The molecule has 5 aliphatic rings. The minimum Gasteiger partial charge on any atom is -0.0619 e. The molecule has 5 aliphatic carbocycles. The van der Waals surface area contributed by atoms with Crippen LogP contribution in [-0.2, 0) is 19.3 Å². The summed E-state index contributed by atoms with van der Waals surface area (Å²) in [7, 11) is 0. The molecule has 0 radical (unpaired) electrons. The Kier molecular flexibility index (Phi) is 4.95. The van der Waals surface area contributed by atoms with Gasteiger partial charge < -0.3 is 0 Å². The average molecular weight is 415 g/mol. The van der Waals surface area contributed by atoms with Crippen molar-refractivity contribution in [1.82, 2.24) is 0 Å². The summed E-state index contributed by atoms with van der Waals surface area (Å²) in [6, 6.07) is 32.4. The van der Waals surface area contributed by atoms with E-state index in [1.807, 2.05) is 0 Å². The Bertz CT molecular complexity index is 1310. The fourth-order valence-electron chi connectivity index (χ4n) is 5.90. The smallest absolute Gasteiger partial charge is 0.00667 e. The molecule has 0 spiro atoms. The van der Waals surface area contributed by atoms with Crippen LogP contribution in [0.25, 0.3) is 16.8 Å². The van der Waals surface area contributed by atoms with Gasteiger partial charge in [-0.3, -0.25) is 0 Å². The van der Waals surface area contributed by atoms with E-state index in [1.165, 1.54) is 50.6 Å². The Hall–Kier alpha value is -3.12. The molecule has 0 heterocycles. The summed E-state index contributed by atoms with van der Waals surface area (Å²) in [4.78, 5) is 0. The van der Waals surface area contributed by atoms with Crippen molar-refractivity contribution in [3.63, 3.8) is 0 Å². The highest BCUT2D eigenvalue weighted by Gasteiger charge is 2.26. The molecule has 0 fully saturated rings. The number of rotatable bonds is 1. The minimum absolute atomic E-state index is 0.430. The van der Waals surface area contributed by atoms with Gasteiger partial charge in [0, 0.05) is 5.92 Å². The van der Waals surface area contributed by atoms with Crippen molar-refractivity contribution in [3.8, 4) is 0 Å². The van der Waals surface area contributed by atoms with E-state index in [9.17, 15) is 0 Å². The average Bonchev–Trinajstić information content (AvgIpc) is 3.27. The first-order valence-corrected chi connectivity index (χ1v) is 12.1. The summed E-state index contributed by atoms with van der Waals surface area (Å²) in [5, 5.41) is 2.90. The maximum atomic E-state index is 2.47. The molecule has 0 N–H and O–H groups in total. The lowest BCUT2D eigenvalue weighted by Gasteiger charge is -2.26. The van der Waals surface area contributed by atoms with Crippen LogP contribution in [0.15, 0.2) is 90.5 Å². The van der Waals surface area contributed by atoms with E-state index in [0.29, 0.717) is 11.8 Å². The maximum absolute atomic E-state index is 2.47. The summed E-state index contributed by atoms with van der Waals surface area (Å²) in [5.74, 6) is 0.944. The Labute approximate surface area is 191 Å². The van der Waals surface area contributed by atoms with Gasteiger partial charge in [-0.05, 0) is 82.2 Å². The van der Waals surface area contributed by atoms with Gasteiger partial charge in [0.15, 0.2) is 0 Å². The molecular formula is C32H30. The van der Waals surface area contributed by atoms with Crippen molar-refractivity contribution >= 4 is 16.8 Å². The summed E-state index contributed by atoms with van der Waals surface area (Å²) >= 11 is 0. The first-order chi connectivity index (χ1) is 15.8. The fourth-order valence-corrected chi connectivity index (χ4v) is 5.90. The van der Waals surface area contributed by atoms with Crippen molar-refractivity contribution in [1.29, 1.82) is 0 Å². The van der Waals surface area contributed by atoms with Crippen LogP contribution in [0.1, 0.15) is 65.0 Å². The van der Waals surface area contributed by atoms with Gasteiger partial charge in [-0.1, -0.05) is 104 Å². The van der Waals surface area contributed by atoms with Crippen molar-refractivity contribution in [2.75, 3.05) is 0 Å². The zero-order valence-corrected chi connectivity index (χ0v) is 18.9. The molecule has 0 aromatic heterocycles. The maximum Gasteiger partial charge on any atom is 0.00667 e. The van der Waals surface area contributed by atoms with E-state index < -0.39 is 0 Å². The van der Waals surface area contributed by atoms with Gasteiger partial charge in [-0.15, -0.1) is 0 Å². The highest BCUT2D eigenvalue weighted by atomic mass is 14.3. The Morgan fingerprint density at radius 3 is 2.31 bits per heavy atom. The molecule has 4 aromatic carbocycles. The van der Waals surface area contributed by atoms with Crippen LogP contribution in [0.2, 0.25) is 0 Å². The second kappa shape index (κ2) is 8.10. The van der Waals surface area contributed by atoms with Gasteiger partial charge in [-0.25, -0.2) is 0 Å². The third kappa shape index (κ3) is 3.48. The molecule has 0 heteroatoms. The predicted molar refractivity (Wildman–Crippen MR) is 136 cm³/mol. The lowest BCUT2D eigenvalue weighted by atomic mass is 9.78. The molecule has 0 saturated carbocycles. The van der Waals surface area contributed by atoms with E-state index in [1.54, 1.807) is 5.57 Å². The standard InChI is InChI=1S/C32H30/c1-22-19-32(28-20-26-8-2-3-9-27(26)21-28)31-18-17-25(29-11-4-5-12-30(29)31)10-6-7-23-13-15-24(22)16-14-23/h2-5,8-9,11-18,20,22,32H,6-7,10,19,21H2,1H3/t22-,32+/m1/s1. The van der Waals surface area contributed by atoms with Crippen molar-refractivity contribution < 1.29 is 0 Å². The lowest BCUT2D eigenvalue weighted by Crippen LogP contribution is -2.09. The first kappa shape index (κ1) is 19.6. The van der Waals surface area contributed by atoms with E-state index >= 15 is 0 Å². The first-order valence-electron chi connectivity index (χ1n) is 12.1. The van der Waals surface area contributed by atoms with Gasteiger partial charge >= 0.3 is 0 Å². The van der Waals surface area contributed by atoms with Gasteiger partial charge in [0.1, 0.15) is 0 Å². The van der Waals surface area contributed by atoms with Gasteiger partial charge in [0.05, 0.1) is 0 Å². The second-order valence-corrected chi connectivity index (χ2v) is 9.74. The Morgan fingerprint density at radius 2 is 1.47 bits per heavy atom. The van der Waals surface area contributed by atoms with Crippen molar-refractivity contribution in [2.24, 2.45) is 0 Å². The topological polar surface area (TPSA) is 0 Å². The van der Waals surface area contributed by atoms with Crippen LogP contribution in [-0.4, -0.2) is 0 Å². The fraction of sp³-hybridized carbons (Fsp3) is 0.250. The van der Waals surface area contributed by atoms with Crippen LogP contribution in [0.4, 0.5) is 0 Å².